The first-order chi connectivity index (χ1) is 16.0. The fourth-order valence-electron chi connectivity index (χ4n) is 3.01. The second-order valence-electron chi connectivity index (χ2n) is 7.12. The molecule has 0 aliphatic carbocycles. The highest BCUT2D eigenvalue weighted by Crippen LogP contribution is 2.28. The molecule has 0 saturated heterocycles. The Morgan fingerprint density at radius 2 is 1.82 bits per heavy atom. The van der Waals surface area contributed by atoms with Crippen LogP contribution in [0.2, 0.25) is 5.02 Å². The normalized spacial score (nSPS) is 11.1. The summed E-state index contributed by atoms with van der Waals surface area (Å²) in [4.78, 5) is 12.3. The average Bonchev–Trinajstić information content (AvgIpc) is 3.24. The van der Waals surface area contributed by atoms with Crippen LogP contribution in [0.3, 0.4) is 0 Å². The number of carbonyl (C=O) groups excluding carboxylic acids is 1. The number of phenolic OH excluding ortho intramolecular Hbond substituents is 1. The van der Waals surface area contributed by atoms with Crippen molar-refractivity contribution >= 4 is 35.5 Å². The molecular formula is C24H20ClN5O2S. The van der Waals surface area contributed by atoms with Crippen LogP contribution in [-0.4, -0.2) is 37.7 Å². The molecule has 0 saturated carbocycles. The van der Waals surface area contributed by atoms with E-state index in [1.54, 1.807) is 36.4 Å². The fraction of sp³-hybridized carbons (Fsp3) is 0.0833. The van der Waals surface area contributed by atoms with Crippen LogP contribution in [0.25, 0.3) is 17.1 Å². The summed E-state index contributed by atoms with van der Waals surface area (Å²) in [5.41, 5.74) is 5.86. The Labute approximate surface area is 200 Å². The maximum atomic E-state index is 12.3. The molecule has 7 nitrogen and oxygen atoms in total. The monoisotopic (exact) mass is 477 g/mol. The number of hydrogen-bond acceptors (Lipinski definition) is 6. The fourth-order valence-corrected chi connectivity index (χ4v) is 3.88. The number of carbonyl (C=O) groups is 1. The first-order valence-electron chi connectivity index (χ1n) is 10.0. The number of rotatable bonds is 7. The van der Waals surface area contributed by atoms with Crippen molar-refractivity contribution in [3.05, 3.63) is 88.9 Å². The molecule has 1 amide bonds. The number of nitrogens with one attached hydrogen (secondary N) is 1. The van der Waals surface area contributed by atoms with Crippen molar-refractivity contribution in [2.24, 2.45) is 5.10 Å². The van der Waals surface area contributed by atoms with Crippen molar-refractivity contribution < 1.29 is 9.90 Å². The number of aromatic hydroxyl groups is 1. The lowest BCUT2D eigenvalue weighted by atomic mass is 10.2. The van der Waals surface area contributed by atoms with E-state index in [0.717, 1.165) is 16.8 Å². The van der Waals surface area contributed by atoms with Gasteiger partial charge in [-0.05, 0) is 55.5 Å². The molecule has 0 unspecified atom stereocenters. The quantitative estimate of drug-likeness (QED) is 0.225. The maximum Gasteiger partial charge on any atom is 0.250 e. The minimum atomic E-state index is -0.307. The van der Waals surface area contributed by atoms with Gasteiger partial charge in [0.15, 0.2) is 11.0 Å². The zero-order chi connectivity index (χ0) is 23.2. The van der Waals surface area contributed by atoms with E-state index >= 15 is 0 Å². The summed E-state index contributed by atoms with van der Waals surface area (Å²) in [7, 11) is 0. The summed E-state index contributed by atoms with van der Waals surface area (Å²) in [5.74, 6) is 0.517. The zero-order valence-corrected chi connectivity index (χ0v) is 19.2. The predicted octanol–water partition coefficient (Wildman–Crippen LogP) is 4.84. The van der Waals surface area contributed by atoms with Crippen LogP contribution in [0.4, 0.5) is 0 Å². The zero-order valence-electron chi connectivity index (χ0n) is 17.6. The largest absolute Gasteiger partial charge is 0.507 e. The summed E-state index contributed by atoms with van der Waals surface area (Å²) in [5, 5.41) is 23.6. The Morgan fingerprint density at radius 1 is 1.09 bits per heavy atom. The molecule has 0 fully saturated rings. The number of aryl methyl sites for hydroxylation is 1. The van der Waals surface area contributed by atoms with Gasteiger partial charge in [0.05, 0.1) is 12.0 Å². The molecule has 33 heavy (non-hydrogen) atoms. The molecule has 0 radical (unpaired) electrons. The summed E-state index contributed by atoms with van der Waals surface area (Å²) in [6, 6.07) is 22.1. The second-order valence-corrected chi connectivity index (χ2v) is 8.50. The number of para-hydroxylation sites is 1. The van der Waals surface area contributed by atoms with Gasteiger partial charge < -0.3 is 5.11 Å². The van der Waals surface area contributed by atoms with Gasteiger partial charge >= 0.3 is 0 Å². The molecule has 2 N–H and O–H groups in total. The number of thioether (sulfide) groups is 1. The molecular weight excluding hydrogens is 458 g/mol. The van der Waals surface area contributed by atoms with Crippen molar-refractivity contribution in [3.63, 3.8) is 0 Å². The topological polar surface area (TPSA) is 92.4 Å². The Kier molecular flexibility index (Phi) is 7.07. The van der Waals surface area contributed by atoms with Crippen molar-refractivity contribution in [1.82, 2.24) is 20.2 Å². The van der Waals surface area contributed by atoms with E-state index in [-0.39, 0.29) is 17.4 Å². The van der Waals surface area contributed by atoms with Crippen LogP contribution < -0.4 is 5.43 Å². The number of aromatic nitrogens is 3. The molecule has 0 atom stereocenters. The van der Waals surface area contributed by atoms with E-state index in [1.165, 1.54) is 18.0 Å². The van der Waals surface area contributed by atoms with Crippen LogP contribution >= 0.6 is 23.4 Å². The first kappa shape index (κ1) is 22.6. The maximum absolute atomic E-state index is 12.3. The van der Waals surface area contributed by atoms with Crippen molar-refractivity contribution in [1.29, 1.82) is 0 Å². The van der Waals surface area contributed by atoms with Gasteiger partial charge in [-0.2, -0.15) is 5.10 Å². The van der Waals surface area contributed by atoms with Crippen molar-refractivity contribution in [2.75, 3.05) is 5.75 Å². The van der Waals surface area contributed by atoms with Gasteiger partial charge in [-0.3, -0.25) is 9.36 Å². The minimum Gasteiger partial charge on any atom is -0.507 e. The summed E-state index contributed by atoms with van der Waals surface area (Å²) in [6.45, 7) is 2.02. The molecule has 9 heteroatoms. The lowest BCUT2D eigenvalue weighted by Crippen LogP contribution is -2.20. The lowest BCUT2D eigenvalue weighted by Gasteiger charge is -2.10. The smallest absolute Gasteiger partial charge is 0.250 e. The predicted molar refractivity (Wildman–Crippen MR) is 131 cm³/mol. The minimum absolute atomic E-state index is 0.0860. The molecule has 4 aromatic rings. The van der Waals surface area contributed by atoms with E-state index in [2.05, 4.69) is 20.7 Å². The average molecular weight is 478 g/mol. The van der Waals surface area contributed by atoms with Crippen molar-refractivity contribution in [3.8, 4) is 22.8 Å². The second kappa shape index (κ2) is 10.3. The highest BCUT2D eigenvalue weighted by Gasteiger charge is 2.17. The van der Waals surface area contributed by atoms with Crippen LogP contribution in [-0.2, 0) is 4.79 Å². The molecule has 3 aromatic carbocycles. The Balaban J connectivity index is 1.52. The van der Waals surface area contributed by atoms with Crippen LogP contribution in [0.15, 0.2) is 83.1 Å². The molecule has 0 aliphatic heterocycles. The number of benzene rings is 3. The molecule has 0 spiro atoms. The SMILES string of the molecule is Cc1ccc(-n2c(SCC(=O)NN=Cc3ccccc3O)nnc2-c2ccc(Cl)cc2)cc1. The van der Waals surface area contributed by atoms with E-state index in [9.17, 15) is 9.90 Å². The number of phenols is 1. The van der Waals surface area contributed by atoms with Gasteiger partial charge in [-0.25, -0.2) is 5.43 Å². The highest BCUT2D eigenvalue weighted by atomic mass is 35.5. The van der Waals surface area contributed by atoms with Gasteiger partial charge in [-0.15, -0.1) is 10.2 Å². The third-order valence-electron chi connectivity index (χ3n) is 4.69. The van der Waals surface area contributed by atoms with Crippen LogP contribution in [0, 0.1) is 6.92 Å². The van der Waals surface area contributed by atoms with Gasteiger partial charge in [0.1, 0.15) is 5.75 Å². The van der Waals surface area contributed by atoms with E-state index in [1.807, 2.05) is 47.9 Å². The molecule has 0 aliphatic rings. The van der Waals surface area contributed by atoms with E-state index in [0.29, 0.717) is 21.6 Å². The number of hydrazone groups is 1. The van der Waals surface area contributed by atoms with Gasteiger partial charge in [0.25, 0.3) is 5.91 Å². The van der Waals surface area contributed by atoms with Crippen LogP contribution in [0.5, 0.6) is 5.75 Å². The van der Waals surface area contributed by atoms with Gasteiger partial charge in [-0.1, -0.05) is 53.2 Å². The first-order valence-corrected chi connectivity index (χ1v) is 11.4. The number of hydrogen-bond donors (Lipinski definition) is 2. The van der Waals surface area contributed by atoms with E-state index in [4.69, 9.17) is 11.6 Å². The summed E-state index contributed by atoms with van der Waals surface area (Å²) in [6.07, 6.45) is 1.39. The van der Waals surface area contributed by atoms with Gasteiger partial charge in [0.2, 0.25) is 0 Å². The number of amides is 1. The standard InChI is InChI=1S/C24H20ClN5O2S/c1-16-6-12-20(13-7-16)30-23(17-8-10-19(25)11-9-17)28-29-24(30)33-15-22(32)27-26-14-18-4-2-3-5-21(18)31/h2-14,31H,15H2,1H3,(H,27,32). The highest BCUT2D eigenvalue weighted by molar-refractivity contribution is 7.99. The molecule has 4 rings (SSSR count). The Morgan fingerprint density at radius 3 is 2.55 bits per heavy atom. The van der Waals surface area contributed by atoms with Crippen molar-refractivity contribution in [2.45, 2.75) is 12.1 Å². The summed E-state index contributed by atoms with van der Waals surface area (Å²) < 4.78 is 1.91. The molecule has 0 bridgehead atoms. The Bertz CT molecular complexity index is 1290. The molecule has 1 aromatic heterocycles. The number of nitrogens with zero attached hydrogens (tertiary/aromatic N) is 4. The Hall–Kier alpha value is -3.62. The third kappa shape index (κ3) is 5.60. The summed E-state index contributed by atoms with van der Waals surface area (Å²) >= 11 is 7.29. The molecule has 1 heterocycles. The van der Waals surface area contributed by atoms with Crippen LogP contribution in [0.1, 0.15) is 11.1 Å². The molecule has 166 valence electrons. The number of halogens is 1. The van der Waals surface area contributed by atoms with E-state index < -0.39 is 0 Å². The lowest BCUT2D eigenvalue weighted by molar-refractivity contribution is -0.118. The third-order valence-corrected chi connectivity index (χ3v) is 5.87. The van der Waals surface area contributed by atoms with Gasteiger partial charge in [0, 0.05) is 21.8 Å².